The van der Waals surface area contributed by atoms with Gasteiger partial charge in [0.1, 0.15) is 41.4 Å². The Labute approximate surface area is 288 Å². The predicted molar refractivity (Wildman–Crippen MR) is 182 cm³/mol. The van der Waals surface area contributed by atoms with E-state index in [0.29, 0.717) is 84.2 Å². The van der Waals surface area contributed by atoms with E-state index in [1.165, 1.54) is 26.5 Å². The van der Waals surface area contributed by atoms with E-state index in [1.54, 1.807) is 18.2 Å². The van der Waals surface area contributed by atoms with E-state index in [1.807, 2.05) is 18.7 Å². The standard InChI is InChI=1S/C37H42F3N5O5/c1-5-25-28(39)8-7-22-15-24(50-21-47-3)16-26(29(22)25)31-30(40)32-27(18-41-31)33(44-13-10-36(2,11-14-44)34(46)48-4)43-35(42-32)49-20-37-9-6-12-45(37)19-23(38)17-37/h7-8,15-16,18,23H,5-6,9-14,17,19-21H2,1-4H3/t23-,37+/m1/s1. The maximum atomic E-state index is 17.1. The van der Waals surface area contributed by atoms with Gasteiger partial charge in [-0.25, -0.2) is 13.2 Å². The van der Waals surface area contributed by atoms with Crippen molar-refractivity contribution in [1.29, 1.82) is 0 Å². The number of aryl methyl sites for hydroxylation is 1. The topological polar surface area (TPSA) is 99.1 Å². The molecule has 0 amide bonds. The van der Waals surface area contributed by atoms with E-state index >= 15 is 8.78 Å². The van der Waals surface area contributed by atoms with Crippen LogP contribution in [0.25, 0.3) is 32.9 Å². The number of alkyl halides is 1. The molecule has 3 aliphatic heterocycles. The Morgan fingerprint density at radius 3 is 2.60 bits per heavy atom. The fourth-order valence-electron chi connectivity index (χ4n) is 8.06. The number of benzene rings is 2. The minimum absolute atomic E-state index is 0.0160. The van der Waals surface area contributed by atoms with Crippen molar-refractivity contribution < 1.29 is 36.9 Å². The first-order valence-electron chi connectivity index (χ1n) is 17.2. The molecule has 5 heterocycles. The van der Waals surface area contributed by atoms with Crippen LogP contribution in [0, 0.1) is 17.0 Å². The Bertz CT molecular complexity index is 1940. The number of piperidine rings is 1. The summed E-state index contributed by atoms with van der Waals surface area (Å²) < 4.78 is 69.0. The molecule has 7 rings (SSSR count). The molecule has 0 bridgehead atoms. The molecule has 0 unspecified atom stereocenters. The molecular weight excluding hydrogens is 651 g/mol. The van der Waals surface area contributed by atoms with Crippen molar-refractivity contribution >= 4 is 33.5 Å². The van der Waals surface area contributed by atoms with Crippen LogP contribution < -0.4 is 14.4 Å². The maximum absolute atomic E-state index is 17.1. The van der Waals surface area contributed by atoms with Gasteiger partial charge in [0.05, 0.1) is 23.4 Å². The van der Waals surface area contributed by atoms with Gasteiger partial charge in [0.25, 0.3) is 0 Å². The van der Waals surface area contributed by atoms with Gasteiger partial charge in [0, 0.05) is 44.9 Å². The van der Waals surface area contributed by atoms with E-state index in [4.69, 9.17) is 23.9 Å². The lowest BCUT2D eigenvalue weighted by Crippen LogP contribution is -2.44. The Hall–Kier alpha value is -4.23. The Balaban J connectivity index is 1.36. The molecule has 4 aromatic rings. The number of nitrogens with zero attached hydrogens (tertiary/aromatic N) is 5. The third-order valence-corrected chi connectivity index (χ3v) is 10.8. The van der Waals surface area contributed by atoms with Crippen LogP contribution in [0.15, 0.2) is 30.5 Å². The molecule has 2 aromatic heterocycles. The second kappa shape index (κ2) is 13.5. The fourth-order valence-corrected chi connectivity index (χ4v) is 8.06. The number of aromatic nitrogens is 3. The van der Waals surface area contributed by atoms with Gasteiger partial charge in [-0.15, -0.1) is 0 Å². The number of hydrogen-bond donors (Lipinski definition) is 0. The van der Waals surface area contributed by atoms with Crippen LogP contribution in [0.1, 0.15) is 51.5 Å². The van der Waals surface area contributed by atoms with Crippen molar-refractivity contribution in [3.8, 4) is 23.0 Å². The molecule has 0 N–H and O–H groups in total. The van der Waals surface area contributed by atoms with Crippen LogP contribution in [0.5, 0.6) is 11.8 Å². The molecule has 0 radical (unpaired) electrons. The Kier molecular flexibility index (Phi) is 9.23. The fraction of sp³-hybridized carbons (Fsp3) is 0.514. The summed E-state index contributed by atoms with van der Waals surface area (Å²) in [6.07, 6.45) is 4.05. The van der Waals surface area contributed by atoms with Gasteiger partial charge in [-0.2, -0.15) is 9.97 Å². The van der Waals surface area contributed by atoms with E-state index in [-0.39, 0.29) is 36.6 Å². The van der Waals surface area contributed by atoms with Crippen molar-refractivity contribution in [1.82, 2.24) is 19.9 Å². The molecule has 50 heavy (non-hydrogen) atoms. The van der Waals surface area contributed by atoms with Gasteiger partial charge < -0.3 is 23.8 Å². The molecule has 0 saturated carbocycles. The normalized spacial score (nSPS) is 21.9. The average Bonchev–Trinajstić information content (AvgIpc) is 3.65. The number of carbonyl (C=O) groups is 1. The quantitative estimate of drug-likeness (QED) is 0.137. The number of anilines is 1. The Morgan fingerprint density at radius 2 is 1.86 bits per heavy atom. The van der Waals surface area contributed by atoms with Crippen LogP contribution in [-0.2, 0) is 20.7 Å². The first kappa shape index (κ1) is 34.2. The van der Waals surface area contributed by atoms with Crippen molar-refractivity contribution in [2.75, 3.05) is 58.7 Å². The maximum Gasteiger partial charge on any atom is 0.319 e. The lowest BCUT2D eigenvalue weighted by molar-refractivity contribution is -0.152. The molecule has 3 fully saturated rings. The summed E-state index contributed by atoms with van der Waals surface area (Å²) in [5.41, 5.74) is -0.402. The molecule has 0 aliphatic carbocycles. The highest BCUT2D eigenvalue weighted by Gasteiger charge is 2.49. The molecule has 3 saturated heterocycles. The first-order chi connectivity index (χ1) is 24.1. The summed E-state index contributed by atoms with van der Waals surface area (Å²) >= 11 is 0. The smallest absolute Gasteiger partial charge is 0.319 e. The number of pyridine rings is 1. The number of halogens is 3. The van der Waals surface area contributed by atoms with E-state index in [2.05, 4.69) is 14.9 Å². The minimum Gasteiger partial charge on any atom is -0.469 e. The second-order valence-electron chi connectivity index (χ2n) is 13.9. The number of ether oxygens (including phenoxy) is 4. The third-order valence-electron chi connectivity index (χ3n) is 10.8. The van der Waals surface area contributed by atoms with E-state index < -0.39 is 28.8 Å². The SMILES string of the molecule is CCc1c(F)ccc2cc(OCOC)cc(-c3ncc4c(N5CCC(C)(C(=O)OC)CC5)nc(OC[C@@]56CCCN5C[C@H](F)C6)nc4c3F)c12. The molecule has 266 valence electrons. The number of hydrogen-bond acceptors (Lipinski definition) is 10. The van der Waals surface area contributed by atoms with Crippen LogP contribution in [0.4, 0.5) is 19.0 Å². The highest BCUT2D eigenvalue weighted by Crippen LogP contribution is 2.43. The van der Waals surface area contributed by atoms with Gasteiger partial charge in [-0.05, 0) is 80.1 Å². The molecular formula is C37H42F3N5O5. The van der Waals surface area contributed by atoms with Crippen LogP contribution >= 0.6 is 0 Å². The molecule has 10 nitrogen and oxygen atoms in total. The van der Waals surface area contributed by atoms with E-state index in [0.717, 1.165) is 19.4 Å². The zero-order chi connectivity index (χ0) is 35.2. The lowest BCUT2D eigenvalue weighted by Gasteiger charge is -2.38. The predicted octanol–water partition coefficient (Wildman–Crippen LogP) is 6.40. The van der Waals surface area contributed by atoms with Crippen molar-refractivity contribution in [2.24, 2.45) is 5.41 Å². The van der Waals surface area contributed by atoms with Gasteiger partial charge in [-0.1, -0.05) is 13.0 Å². The van der Waals surface area contributed by atoms with E-state index in [9.17, 15) is 9.18 Å². The number of esters is 1. The molecule has 13 heteroatoms. The monoisotopic (exact) mass is 693 g/mol. The number of carbonyl (C=O) groups excluding carboxylic acids is 1. The number of fused-ring (bicyclic) bond motifs is 3. The zero-order valence-electron chi connectivity index (χ0n) is 28.9. The molecule has 3 aliphatic rings. The van der Waals surface area contributed by atoms with Crippen LogP contribution in [-0.4, -0.2) is 91.3 Å². The summed E-state index contributed by atoms with van der Waals surface area (Å²) in [5.74, 6) is -0.579. The van der Waals surface area contributed by atoms with Crippen molar-refractivity contribution in [3.05, 3.63) is 47.7 Å². The van der Waals surface area contributed by atoms with Gasteiger partial charge in [-0.3, -0.25) is 14.7 Å². The zero-order valence-corrected chi connectivity index (χ0v) is 28.9. The highest BCUT2D eigenvalue weighted by molar-refractivity contribution is 6.02. The van der Waals surface area contributed by atoms with Gasteiger partial charge in [0.2, 0.25) is 0 Å². The Morgan fingerprint density at radius 1 is 1.06 bits per heavy atom. The summed E-state index contributed by atoms with van der Waals surface area (Å²) in [6.45, 7) is 5.91. The van der Waals surface area contributed by atoms with Crippen molar-refractivity contribution in [3.63, 3.8) is 0 Å². The van der Waals surface area contributed by atoms with Crippen LogP contribution in [0.2, 0.25) is 0 Å². The number of methoxy groups -OCH3 is 2. The third kappa shape index (κ3) is 5.97. The average molecular weight is 694 g/mol. The highest BCUT2D eigenvalue weighted by atomic mass is 19.1. The number of rotatable bonds is 10. The summed E-state index contributed by atoms with van der Waals surface area (Å²) in [4.78, 5) is 30.7. The van der Waals surface area contributed by atoms with Crippen molar-refractivity contribution in [2.45, 2.75) is 64.1 Å². The second-order valence-corrected chi connectivity index (χ2v) is 13.9. The summed E-state index contributed by atoms with van der Waals surface area (Å²) in [5, 5.41) is 1.54. The molecule has 2 atom stereocenters. The molecule has 0 spiro atoms. The first-order valence-corrected chi connectivity index (χ1v) is 17.2. The lowest BCUT2D eigenvalue weighted by atomic mass is 9.80. The van der Waals surface area contributed by atoms with Crippen LogP contribution in [0.3, 0.4) is 0 Å². The summed E-state index contributed by atoms with van der Waals surface area (Å²) in [6, 6.07) is 6.39. The van der Waals surface area contributed by atoms with Gasteiger partial charge >= 0.3 is 12.0 Å². The largest absolute Gasteiger partial charge is 0.469 e. The summed E-state index contributed by atoms with van der Waals surface area (Å²) in [7, 11) is 2.88. The molecule has 2 aromatic carbocycles. The van der Waals surface area contributed by atoms with Gasteiger partial charge in [0.15, 0.2) is 12.6 Å². The minimum atomic E-state index is -0.938.